The van der Waals surface area contributed by atoms with E-state index < -0.39 is 0 Å². The molecule has 0 saturated carbocycles. The summed E-state index contributed by atoms with van der Waals surface area (Å²) in [5, 5.41) is 12.7. The van der Waals surface area contributed by atoms with Gasteiger partial charge in [-0.05, 0) is 48.5 Å². The van der Waals surface area contributed by atoms with Gasteiger partial charge in [0.1, 0.15) is 17.1 Å². The van der Waals surface area contributed by atoms with Crippen molar-refractivity contribution in [3.05, 3.63) is 109 Å². The fourth-order valence-corrected chi connectivity index (χ4v) is 4.14. The van der Waals surface area contributed by atoms with E-state index in [-0.39, 0.29) is 5.75 Å². The monoisotopic (exact) mass is 429 g/mol. The largest absolute Gasteiger partial charge is 0.506 e. The smallest absolute Gasteiger partial charge is 0.219 e. The molecule has 6 rings (SSSR count). The number of benzene rings is 3. The molecule has 0 aliphatic heterocycles. The van der Waals surface area contributed by atoms with Crippen LogP contribution in [-0.2, 0) is 0 Å². The number of phenols is 1. The third-order valence-corrected chi connectivity index (χ3v) is 5.63. The highest BCUT2D eigenvalue weighted by Crippen LogP contribution is 2.35. The van der Waals surface area contributed by atoms with Gasteiger partial charge in [0.05, 0.1) is 16.9 Å². The molecule has 0 unspecified atom stereocenters. The Morgan fingerprint density at radius 3 is 2.45 bits per heavy atom. The summed E-state index contributed by atoms with van der Waals surface area (Å²) in [6.07, 6.45) is 1.70. The Balaban J connectivity index is 1.52. The van der Waals surface area contributed by atoms with E-state index >= 15 is 0 Å². The van der Waals surface area contributed by atoms with Crippen molar-refractivity contribution in [2.45, 2.75) is 0 Å². The normalized spacial score (nSPS) is 11.2. The molecule has 0 atom stereocenters. The summed E-state index contributed by atoms with van der Waals surface area (Å²) in [7, 11) is 0. The Hall–Kier alpha value is -4.64. The number of fused-ring (bicyclic) bond motifs is 3. The molecule has 0 amide bonds. The predicted octanol–water partition coefficient (Wildman–Crippen LogP) is 6.74. The lowest BCUT2D eigenvalue weighted by atomic mass is 10.1. The second-order valence-corrected chi connectivity index (χ2v) is 7.71. The van der Waals surface area contributed by atoms with Crippen LogP contribution in [0.4, 0.5) is 0 Å². The highest BCUT2D eigenvalue weighted by Gasteiger charge is 2.16. The Morgan fingerprint density at radius 2 is 1.58 bits per heavy atom. The summed E-state index contributed by atoms with van der Waals surface area (Å²) in [6, 6.07) is 32.9. The lowest BCUT2D eigenvalue weighted by molar-refractivity contribution is 0.463. The van der Waals surface area contributed by atoms with Crippen LogP contribution in [0.5, 0.6) is 17.4 Å². The van der Waals surface area contributed by atoms with Crippen LogP contribution < -0.4 is 4.74 Å². The third kappa shape index (κ3) is 3.36. The molecule has 0 radical (unpaired) electrons. The van der Waals surface area contributed by atoms with E-state index in [1.54, 1.807) is 12.3 Å². The molecule has 6 aromatic rings. The van der Waals surface area contributed by atoms with Crippen molar-refractivity contribution in [1.82, 2.24) is 14.5 Å². The average molecular weight is 429 g/mol. The number of pyridine rings is 2. The molecule has 5 nitrogen and oxygen atoms in total. The molecule has 0 bridgehead atoms. The molecule has 0 aliphatic carbocycles. The van der Waals surface area contributed by atoms with Crippen LogP contribution >= 0.6 is 0 Å². The second-order valence-electron chi connectivity index (χ2n) is 7.71. The summed E-state index contributed by atoms with van der Waals surface area (Å²) in [6.45, 7) is 0. The molecule has 33 heavy (non-hydrogen) atoms. The van der Waals surface area contributed by atoms with Crippen LogP contribution in [0.2, 0.25) is 0 Å². The zero-order chi connectivity index (χ0) is 22.2. The number of hydrogen-bond acceptors (Lipinski definition) is 4. The number of phenolic OH excluding ortho intramolecular Hbond substituents is 1. The van der Waals surface area contributed by atoms with Crippen molar-refractivity contribution in [1.29, 1.82) is 0 Å². The van der Waals surface area contributed by atoms with Gasteiger partial charge in [-0.2, -0.15) is 0 Å². The summed E-state index contributed by atoms with van der Waals surface area (Å²) in [5.41, 5.74) is 4.21. The van der Waals surface area contributed by atoms with E-state index in [1.807, 2.05) is 89.5 Å². The Kier molecular flexibility index (Phi) is 4.51. The van der Waals surface area contributed by atoms with E-state index in [4.69, 9.17) is 9.72 Å². The molecule has 0 saturated heterocycles. The van der Waals surface area contributed by atoms with E-state index in [2.05, 4.69) is 17.1 Å². The first kappa shape index (κ1) is 19.1. The zero-order valence-electron chi connectivity index (χ0n) is 17.6. The number of aromatic nitrogens is 3. The number of hydrogen-bond donors (Lipinski definition) is 1. The van der Waals surface area contributed by atoms with Gasteiger partial charge in [-0.25, -0.2) is 9.97 Å². The van der Waals surface area contributed by atoms with Crippen molar-refractivity contribution < 1.29 is 9.84 Å². The molecule has 3 aromatic carbocycles. The fraction of sp³-hybridized carbons (Fsp3) is 0. The van der Waals surface area contributed by atoms with Crippen LogP contribution in [0.15, 0.2) is 109 Å². The van der Waals surface area contributed by atoms with Crippen molar-refractivity contribution >= 4 is 21.9 Å². The lowest BCUT2D eigenvalue weighted by Gasteiger charge is -2.10. The third-order valence-electron chi connectivity index (χ3n) is 5.63. The van der Waals surface area contributed by atoms with Gasteiger partial charge in [-0.3, -0.25) is 4.57 Å². The van der Waals surface area contributed by atoms with Crippen LogP contribution in [0.3, 0.4) is 0 Å². The summed E-state index contributed by atoms with van der Waals surface area (Å²) in [5.74, 6) is 1.44. The number of aromatic hydroxyl groups is 1. The van der Waals surface area contributed by atoms with E-state index in [1.165, 1.54) is 0 Å². The Bertz CT molecular complexity index is 1610. The molecule has 0 fully saturated rings. The van der Waals surface area contributed by atoms with Crippen molar-refractivity contribution in [3.63, 3.8) is 0 Å². The second kappa shape index (κ2) is 7.80. The highest BCUT2D eigenvalue weighted by molar-refractivity contribution is 6.08. The van der Waals surface area contributed by atoms with Crippen molar-refractivity contribution in [2.75, 3.05) is 0 Å². The van der Waals surface area contributed by atoms with Gasteiger partial charge < -0.3 is 9.84 Å². The average Bonchev–Trinajstić information content (AvgIpc) is 3.19. The SMILES string of the molecule is Oc1ccccc1-n1c2ccccc2c2ccc(-c3cccc(Oc4ccccn4)c3)nc21. The first-order valence-corrected chi connectivity index (χ1v) is 10.7. The van der Waals surface area contributed by atoms with Crippen LogP contribution in [-0.4, -0.2) is 19.6 Å². The van der Waals surface area contributed by atoms with Crippen molar-refractivity contribution in [2.24, 2.45) is 0 Å². The van der Waals surface area contributed by atoms with Crippen LogP contribution in [0.25, 0.3) is 38.9 Å². The van der Waals surface area contributed by atoms with Gasteiger partial charge in [-0.1, -0.05) is 48.5 Å². The maximum atomic E-state index is 10.6. The highest BCUT2D eigenvalue weighted by atomic mass is 16.5. The minimum absolute atomic E-state index is 0.207. The topological polar surface area (TPSA) is 60.2 Å². The first-order chi connectivity index (χ1) is 16.3. The maximum absolute atomic E-state index is 10.6. The predicted molar refractivity (Wildman–Crippen MR) is 130 cm³/mol. The van der Waals surface area contributed by atoms with Gasteiger partial charge in [-0.15, -0.1) is 0 Å². The van der Waals surface area contributed by atoms with E-state index in [9.17, 15) is 5.11 Å². The number of para-hydroxylation sites is 3. The molecule has 0 aliphatic rings. The van der Waals surface area contributed by atoms with Gasteiger partial charge in [0, 0.05) is 28.6 Å². The standard InChI is InChI=1S/C28H19N3O2/c32-26-13-4-3-12-25(26)31-24-11-2-1-10-21(24)22-15-16-23(30-28(22)31)19-8-7-9-20(18-19)33-27-14-5-6-17-29-27/h1-18,32H. The molecule has 0 spiro atoms. The molecule has 158 valence electrons. The molecular weight excluding hydrogens is 410 g/mol. The lowest BCUT2D eigenvalue weighted by Crippen LogP contribution is -1.97. The summed E-state index contributed by atoms with van der Waals surface area (Å²) >= 11 is 0. The quantitative estimate of drug-likeness (QED) is 0.337. The van der Waals surface area contributed by atoms with Crippen LogP contribution in [0, 0.1) is 0 Å². The van der Waals surface area contributed by atoms with E-state index in [0.717, 1.165) is 33.2 Å². The van der Waals surface area contributed by atoms with Crippen molar-refractivity contribution in [3.8, 4) is 34.3 Å². The zero-order valence-corrected chi connectivity index (χ0v) is 17.6. The number of nitrogens with zero attached hydrogens (tertiary/aromatic N) is 3. The number of ether oxygens (including phenoxy) is 1. The fourth-order valence-electron chi connectivity index (χ4n) is 4.14. The summed E-state index contributed by atoms with van der Waals surface area (Å²) < 4.78 is 7.92. The Morgan fingerprint density at radius 1 is 0.727 bits per heavy atom. The maximum Gasteiger partial charge on any atom is 0.219 e. The van der Waals surface area contributed by atoms with Gasteiger partial charge in [0.25, 0.3) is 0 Å². The minimum Gasteiger partial charge on any atom is -0.506 e. The minimum atomic E-state index is 0.207. The summed E-state index contributed by atoms with van der Waals surface area (Å²) in [4.78, 5) is 9.26. The molecule has 1 N–H and O–H groups in total. The first-order valence-electron chi connectivity index (χ1n) is 10.7. The van der Waals surface area contributed by atoms with Gasteiger partial charge in [0.15, 0.2) is 0 Å². The molecular formula is C28H19N3O2. The molecule has 3 aromatic heterocycles. The number of rotatable bonds is 4. The van der Waals surface area contributed by atoms with Crippen LogP contribution in [0.1, 0.15) is 0 Å². The van der Waals surface area contributed by atoms with Gasteiger partial charge in [0.2, 0.25) is 5.88 Å². The molecule has 5 heteroatoms. The van der Waals surface area contributed by atoms with E-state index in [0.29, 0.717) is 17.3 Å². The van der Waals surface area contributed by atoms with Gasteiger partial charge >= 0.3 is 0 Å². The molecule has 3 heterocycles. The Labute approximate surface area is 190 Å².